The van der Waals surface area contributed by atoms with E-state index in [1.807, 2.05) is 0 Å². The second-order valence-electron chi connectivity index (χ2n) is 4.96. The number of carboxylic acid groups (broad SMARTS) is 1. The minimum absolute atomic E-state index is 0.0724. The third kappa shape index (κ3) is 4.22. The van der Waals surface area contributed by atoms with Crippen LogP contribution >= 0.6 is 0 Å². The van der Waals surface area contributed by atoms with Gasteiger partial charge in [-0.3, -0.25) is 0 Å². The van der Waals surface area contributed by atoms with Crippen molar-refractivity contribution in [3.63, 3.8) is 0 Å². The van der Waals surface area contributed by atoms with Crippen LogP contribution < -0.4 is 5.32 Å². The molecule has 1 unspecified atom stereocenters. The number of urea groups is 1. The Labute approximate surface area is 117 Å². The van der Waals surface area contributed by atoms with Gasteiger partial charge in [-0.15, -0.1) is 0 Å². The van der Waals surface area contributed by atoms with Gasteiger partial charge in [0.15, 0.2) is 0 Å². The summed E-state index contributed by atoms with van der Waals surface area (Å²) in [5, 5.41) is 11.4. The first-order chi connectivity index (χ1) is 9.32. The number of benzene rings is 1. The average molecular weight is 282 g/mol. The first-order valence-corrected chi connectivity index (χ1v) is 6.30. The molecule has 0 fully saturated rings. The van der Waals surface area contributed by atoms with E-state index in [1.54, 1.807) is 32.0 Å². The lowest BCUT2D eigenvalue weighted by atomic mass is 10.1. The van der Waals surface area contributed by atoms with E-state index < -0.39 is 23.9 Å². The molecule has 6 heteroatoms. The van der Waals surface area contributed by atoms with Gasteiger partial charge in [-0.2, -0.15) is 0 Å². The number of amides is 2. The standard InChI is InChI=1S/C14H19FN2O3/c1-9(2)12(13(18)19)16-14(20)17(3)8-10-6-4-5-7-11(10)15/h4-7,9,12H,8H2,1-3H3,(H,16,20)(H,18,19). The molecule has 1 aromatic rings. The van der Waals surface area contributed by atoms with Gasteiger partial charge < -0.3 is 15.3 Å². The number of halogens is 1. The minimum Gasteiger partial charge on any atom is -0.480 e. The summed E-state index contributed by atoms with van der Waals surface area (Å²) in [4.78, 5) is 24.2. The molecule has 0 aromatic heterocycles. The third-order valence-corrected chi connectivity index (χ3v) is 2.92. The molecule has 5 nitrogen and oxygen atoms in total. The topological polar surface area (TPSA) is 69.6 Å². The van der Waals surface area contributed by atoms with Crippen LogP contribution in [0.5, 0.6) is 0 Å². The number of hydrogen-bond acceptors (Lipinski definition) is 2. The van der Waals surface area contributed by atoms with Crippen molar-refractivity contribution in [3.8, 4) is 0 Å². The molecule has 0 saturated heterocycles. The largest absolute Gasteiger partial charge is 0.480 e. The van der Waals surface area contributed by atoms with Crippen molar-refractivity contribution in [3.05, 3.63) is 35.6 Å². The number of carbonyl (C=O) groups is 2. The van der Waals surface area contributed by atoms with Crippen LogP contribution in [-0.4, -0.2) is 35.1 Å². The molecule has 0 aliphatic carbocycles. The fraction of sp³-hybridized carbons (Fsp3) is 0.429. The lowest BCUT2D eigenvalue weighted by Crippen LogP contribution is -2.48. The Hall–Kier alpha value is -2.11. The summed E-state index contributed by atoms with van der Waals surface area (Å²) in [7, 11) is 1.49. The number of aliphatic carboxylic acids is 1. The van der Waals surface area contributed by atoms with Gasteiger partial charge in [0.05, 0.1) is 0 Å². The SMILES string of the molecule is CC(C)C(NC(=O)N(C)Cc1ccccc1F)C(=O)O. The van der Waals surface area contributed by atoms with Gasteiger partial charge >= 0.3 is 12.0 Å². The van der Waals surface area contributed by atoms with Crippen molar-refractivity contribution in [1.29, 1.82) is 0 Å². The molecular weight excluding hydrogens is 263 g/mol. The van der Waals surface area contributed by atoms with E-state index in [9.17, 15) is 14.0 Å². The number of carbonyl (C=O) groups excluding carboxylic acids is 1. The molecule has 110 valence electrons. The second kappa shape index (κ2) is 6.88. The second-order valence-corrected chi connectivity index (χ2v) is 4.96. The Kier molecular flexibility index (Phi) is 5.49. The zero-order chi connectivity index (χ0) is 15.3. The summed E-state index contributed by atoms with van der Waals surface area (Å²) < 4.78 is 13.5. The van der Waals surface area contributed by atoms with Crippen molar-refractivity contribution >= 4 is 12.0 Å². The van der Waals surface area contributed by atoms with Crippen molar-refractivity contribution in [2.45, 2.75) is 26.4 Å². The molecule has 1 aromatic carbocycles. The van der Waals surface area contributed by atoms with Crippen LogP contribution in [0.2, 0.25) is 0 Å². The zero-order valence-corrected chi connectivity index (χ0v) is 11.8. The predicted molar refractivity (Wildman–Crippen MR) is 72.7 cm³/mol. The number of rotatable bonds is 5. The van der Waals surface area contributed by atoms with Gasteiger partial charge in [0.25, 0.3) is 0 Å². The molecule has 0 radical (unpaired) electrons. The van der Waals surface area contributed by atoms with E-state index in [4.69, 9.17) is 5.11 Å². The lowest BCUT2D eigenvalue weighted by Gasteiger charge is -2.23. The van der Waals surface area contributed by atoms with Crippen molar-refractivity contribution in [1.82, 2.24) is 10.2 Å². The van der Waals surface area contributed by atoms with Crippen LogP contribution in [0.1, 0.15) is 19.4 Å². The molecule has 1 atom stereocenters. The molecule has 0 bridgehead atoms. The highest BCUT2D eigenvalue weighted by Gasteiger charge is 2.24. The Bertz CT molecular complexity index is 491. The van der Waals surface area contributed by atoms with Crippen LogP contribution in [0.15, 0.2) is 24.3 Å². The van der Waals surface area contributed by atoms with E-state index in [2.05, 4.69) is 5.32 Å². The number of nitrogens with zero attached hydrogens (tertiary/aromatic N) is 1. The van der Waals surface area contributed by atoms with Crippen molar-refractivity contribution < 1.29 is 19.1 Å². The molecular formula is C14H19FN2O3. The maximum Gasteiger partial charge on any atom is 0.326 e. The van der Waals surface area contributed by atoms with E-state index in [1.165, 1.54) is 18.0 Å². The first-order valence-electron chi connectivity index (χ1n) is 6.30. The summed E-state index contributed by atoms with van der Waals surface area (Å²) >= 11 is 0. The highest BCUT2D eigenvalue weighted by molar-refractivity contribution is 5.82. The number of nitrogens with one attached hydrogen (secondary N) is 1. The van der Waals surface area contributed by atoms with Crippen LogP contribution in [-0.2, 0) is 11.3 Å². The van der Waals surface area contributed by atoms with Crippen LogP contribution in [0.3, 0.4) is 0 Å². The Morgan fingerprint density at radius 2 is 1.95 bits per heavy atom. The third-order valence-electron chi connectivity index (χ3n) is 2.92. The molecule has 20 heavy (non-hydrogen) atoms. The zero-order valence-electron chi connectivity index (χ0n) is 11.8. The van der Waals surface area contributed by atoms with E-state index in [0.717, 1.165) is 0 Å². The van der Waals surface area contributed by atoms with Crippen LogP contribution in [0, 0.1) is 11.7 Å². The van der Waals surface area contributed by atoms with Crippen LogP contribution in [0.4, 0.5) is 9.18 Å². The normalized spacial score (nSPS) is 12.1. The first kappa shape index (κ1) is 15.9. The minimum atomic E-state index is -1.09. The molecule has 0 saturated carbocycles. The highest BCUT2D eigenvalue weighted by Crippen LogP contribution is 2.09. The Morgan fingerprint density at radius 3 is 2.45 bits per heavy atom. The molecule has 0 spiro atoms. The van der Waals surface area contributed by atoms with Gasteiger partial charge in [0, 0.05) is 19.2 Å². The number of carboxylic acids is 1. The van der Waals surface area contributed by atoms with Gasteiger partial charge in [-0.25, -0.2) is 14.0 Å². The van der Waals surface area contributed by atoms with Gasteiger partial charge in [0.2, 0.25) is 0 Å². The Balaban J connectivity index is 2.68. The Morgan fingerprint density at radius 1 is 1.35 bits per heavy atom. The molecule has 1 rings (SSSR count). The molecule has 0 aliphatic heterocycles. The summed E-state index contributed by atoms with van der Waals surface area (Å²) in [6, 6.07) is 4.63. The van der Waals surface area contributed by atoms with Gasteiger partial charge in [-0.1, -0.05) is 32.0 Å². The molecule has 0 heterocycles. The van der Waals surface area contributed by atoms with Gasteiger partial charge in [-0.05, 0) is 12.0 Å². The quantitative estimate of drug-likeness (QED) is 0.868. The highest BCUT2D eigenvalue weighted by atomic mass is 19.1. The number of hydrogen-bond donors (Lipinski definition) is 2. The van der Waals surface area contributed by atoms with Crippen molar-refractivity contribution in [2.75, 3.05) is 7.05 Å². The lowest BCUT2D eigenvalue weighted by molar-refractivity contribution is -0.140. The van der Waals surface area contributed by atoms with E-state index in [-0.39, 0.29) is 12.5 Å². The smallest absolute Gasteiger partial charge is 0.326 e. The molecule has 2 N–H and O–H groups in total. The fourth-order valence-electron chi connectivity index (χ4n) is 1.71. The monoisotopic (exact) mass is 282 g/mol. The summed E-state index contributed by atoms with van der Waals surface area (Å²) in [5.41, 5.74) is 0.376. The fourth-order valence-corrected chi connectivity index (χ4v) is 1.71. The maximum atomic E-state index is 13.5. The van der Waals surface area contributed by atoms with Crippen molar-refractivity contribution in [2.24, 2.45) is 5.92 Å². The van der Waals surface area contributed by atoms with Gasteiger partial charge in [0.1, 0.15) is 11.9 Å². The average Bonchev–Trinajstić information content (AvgIpc) is 2.37. The predicted octanol–water partition coefficient (Wildman–Crippen LogP) is 2.08. The maximum absolute atomic E-state index is 13.5. The summed E-state index contributed by atoms with van der Waals surface area (Å²) in [5.74, 6) is -1.73. The summed E-state index contributed by atoms with van der Waals surface area (Å²) in [6.07, 6.45) is 0. The summed E-state index contributed by atoms with van der Waals surface area (Å²) in [6.45, 7) is 3.48. The van der Waals surface area contributed by atoms with E-state index in [0.29, 0.717) is 5.56 Å². The van der Waals surface area contributed by atoms with Crippen LogP contribution in [0.25, 0.3) is 0 Å². The van der Waals surface area contributed by atoms with E-state index >= 15 is 0 Å². The molecule has 0 aliphatic rings. The molecule has 2 amide bonds.